The van der Waals surface area contributed by atoms with E-state index in [2.05, 4.69) is 6.58 Å². The highest BCUT2D eigenvalue weighted by molar-refractivity contribution is 5.81. The predicted molar refractivity (Wildman–Crippen MR) is 64.0 cm³/mol. The Labute approximate surface area is 97.4 Å². The number of carbonyl (C=O) groups excluding carboxylic acids is 1. The largest absolute Gasteiger partial charge is 0.364 e. The van der Waals surface area contributed by atoms with Crippen molar-refractivity contribution in [3.8, 4) is 0 Å². The van der Waals surface area contributed by atoms with Crippen LogP contribution in [0.2, 0.25) is 0 Å². The Balaban J connectivity index is 2.58. The van der Waals surface area contributed by atoms with E-state index in [0.29, 0.717) is 13.1 Å². The first-order chi connectivity index (χ1) is 7.60. The summed E-state index contributed by atoms with van der Waals surface area (Å²) >= 11 is 0. The van der Waals surface area contributed by atoms with Gasteiger partial charge in [0.05, 0.1) is 6.10 Å². The standard InChI is InChI=1S/C12H22N2O2/c1-4-7-14(9(2)3)12(15)11-6-5-10(8-13)16-11/h4,9-11H,1,5-8,13H2,2-3H3. The zero-order valence-electron chi connectivity index (χ0n) is 10.2. The molecule has 1 aliphatic heterocycles. The van der Waals surface area contributed by atoms with Crippen molar-refractivity contribution in [3.63, 3.8) is 0 Å². The quantitative estimate of drug-likeness (QED) is 0.709. The van der Waals surface area contributed by atoms with Crippen molar-refractivity contribution in [2.45, 2.75) is 44.9 Å². The van der Waals surface area contributed by atoms with Gasteiger partial charge in [0.15, 0.2) is 0 Å². The molecule has 1 fully saturated rings. The molecular weight excluding hydrogens is 204 g/mol. The fourth-order valence-electron chi connectivity index (χ4n) is 1.94. The van der Waals surface area contributed by atoms with Gasteiger partial charge in [-0.15, -0.1) is 6.58 Å². The Morgan fingerprint density at radius 3 is 2.75 bits per heavy atom. The van der Waals surface area contributed by atoms with Crippen LogP contribution >= 0.6 is 0 Å². The summed E-state index contributed by atoms with van der Waals surface area (Å²) in [6.45, 7) is 8.73. The highest BCUT2D eigenvalue weighted by Crippen LogP contribution is 2.21. The minimum absolute atomic E-state index is 0.0479. The normalized spacial score (nSPS) is 24.8. The van der Waals surface area contributed by atoms with Crippen molar-refractivity contribution in [2.24, 2.45) is 5.73 Å². The predicted octanol–water partition coefficient (Wildman–Crippen LogP) is 0.916. The molecule has 0 bridgehead atoms. The molecule has 0 aromatic rings. The van der Waals surface area contributed by atoms with Gasteiger partial charge in [0.2, 0.25) is 0 Å². The van der Waals surface area contributed by atoms with Gasteiger partial charge in [0.25, 0.3) is 5.91 Å². The van der Waals surface area contributed by atoms with E-state index < -0.39 is 0 Å². The minimum atomic E-state index is -0.309. The van der Waals surface area contributed by atoms with E-state index in [4.69, 9.17) is 10.5 Å². The molecule has 4 heteroatoms. The maximum atomic E-state index is 12.2. The van der Waals surface area contributed by atoms with Crippen LogP contribution in [0.3, 0.4) is 0 Å². The molecule has 2 unspecified atom stereocenters. The molecule has 2 atom stereocenters. The second-order valence-corrected chi connectivity index (χ2v) is 4.43. The van der Waals surface area contributed by atoms with Gasteiger partial charge < -0.3 is 15.4 Å². The molecule has 4 nitrogen and oxygen atoms in total. The first kappa shape index (κ1) is 13.2. The summed E-state index contributed by atoms with van der Waals surface area (Å²) in [5, 5.41) is 0. The Hall–Kier alpha value is -0.870. The zero-order valence-corrected chi connectivity index (χ0v) is 10.2. The summed E-state index contributed by atoms with van der Waals surface area (Å²) in [5.41, 5.74) is 5.52. The van der Waals surface area contributed by atoms with Crippen LogP contribution < -0.4 is 5.73 Å². The van der Waals surface area contributed by atoms with E-state index in [9.17, 15) is 4.79 Å². The van der Waals surface area contributed by atoms with Crippen LogP contribution in [0.25, 0.3) is 0 Å². The number of rotatable bonds is 5. The number of ether oxygens (including phenoxy) is 1. The molecule has 0 aromatic heterocycles. The first-order valence-electron chi connectivity index (χ1n) is 5.87. The maximum absolute atomic E-state index is 12.2. The average molecular weight is 226 g/mol. The van der Waals surface area contributed by atoms with Crippen molar-refractivity contribution in [1.29, 1.82) is 0 Å². The lowest BCUT2D eigenvalue weighted by atomic mass is 10.1. The molecular formula is C12H22N2O2. The summed E-state index contributed by atoms with van der Waals surface area (Å²) in [5.74, 6) is 0.0610. The van der Waals surface area contributed by atoms with Gasteiger partial charge >= 0.3 is 0 Å². The Morgan fingerprint density at radius 1 is 1.62 bits per heavy atom. The third-order valence-electron chi connectivity index (χ3n) is 2.88. The average Bonchev–Trinajstić information content (AvgIpc) is 2.73. The van der Waals surface area contributed by atoms with E-state index in [-0.39, 0.29) is 24.2 Å². The number of hydrogen-bond acceptors (Lipinski definition) is 3. The van der Waals surface area contributed by atoms with Crippen LogP contribution in [-0.4, -0.2) is 42.1 Å². The molecule has 1 heterocycles. The third-order valence-corrected chi connectivity index (χ3v) is 2.88. The third kappa shape index (κ3) is 3.06. The van der Waals surface area contributed by atoms with Crippen molar-refractivity contribution >= 4 is 5.91 Å². The van der Waals surface area contributed by atoms with E-state index in [1.165, 1.54) is 0 Å². The lowest BCUT2D eigenvalue weighted by molar-refractivity contribution is -0.143. The number of nitrogens with two attached hydrogens (primary N) is 1. The minimum Gasteiger partial charge on any atom is -0.364 e. The number of nitrogens with zero attached hydrogens (tertiary/aromatic N) is 1. The highest BCUT2D eigenvalue weighted by atomic mass is 16.5. The molecule has 1 rings (SSSR count). The Morgan fingerprint density at radius 2 is 2.31 bits per heavy atom. The van der Waals surface area contributed by atoms with Gasteiger partial charge in [0, 0.05) is 19.1 Å². The SMILES string of the molecule is C=CCN(C(=O)C1CCC(CN)O1)C(C)C. The molecule has 0 aromatic carbocycles. The smallest absolute Gasteiger partial charge is 0.252 e. The van der Waals surface area contributed by atoms with Crippen LogP contribution in [0.4, 0.5) is 0 Å². The van der Waals surface area contributed by atoms with Crippen LogP contribution in [0, 0.1) is 0 Å². The number of carbonyl (C=O) groups is 1. The second-order valence-electron chi connectivity index (χ2n) is 4.43. The fourth-order valence-corrected chi connectivity index (χ4v) is 1.94. The lowest BCUT2D eigenvalue weighted by Gasteiger charge is -2.28. The Bertz CT molecular complexity index is 253. The Kier molecular flexibility index (Phi) is 4.96. The zero-order chi connectivity index (χ0) is 12.1. The van der Waals surface area contributed by atoms with Crippen molar-refractivity contribution in [1.82, 2.24) is 4.90 Å². The maximum Gasteiger partial charge on any atom is 0.252 e. The van der Waals surface area contributed by atoms with Gasteiger partial charge in [-0.3, -0.25) is 4.79 Å². The fraction of sp³-hybridized carbons (Fsp3) is 0.750. The van der Waals surface area contributed by atoms with Gasteiger partial charge in [-0.2, -0.15) is 0 Å². The summed E-state index contributed by atoms with van der Waals surface area (Å²) in [6.07, 6.45) is 3.14. The molecule has 2 N–H and O–H groups in total. The van der Waals surface area contributed by atoms with Crippen molar-refractivity contribution in [3.05, 3.63) is 12.7 Å². The molecule has 1 aliphatic rings. The molecule has 1 amide bonds. The lowest BCUT2D eigenvalue weighted by Crippen LogP contribution is -2.43. The number of hydrogen-bond donors (Lipinski definition) is 1. The van der Waals surface area contributed by atoms with Crippen LogP contribution in [0.1, 0.15) is 26.7 Å². The van der Waals surface area contributed by atoms with E-state index in [1.54, 1.807) is 11.0 Å². The molecule has 0 spiro atoms. The van der Waals surface area contributed by atoms with Gasteiger partial charge in [-0.05, 0) is 26.7 Å². The number of amides is 1. The second kappa shape index (κ2) is 6.01. The molecule has 16 heavy (non-hydrogen) atoms. The van der Waals surface area contributed by atoms with Crippen molar-refractivity contribution < 1.29 is 9.53 Å². The van der Waals surface area contributed by atoms with E-state index >= 15 is 0 Å². The summed E-state index contributed by atoms with van der Waals surface area (Å²) in [4.78, 5) is 13.9. The van der Waals surface area contributed by atoms with Crippen molar-refractivity contribution in [2.75, 3.05) is 13.1 Å². The van der Waals surface area contributed by atoms with Crippen LogP contribution in [-0.2, 0) is 9.53 Å². The summed E-state index contributed by atoms with van der Waals surface area (Å²) in [6, 6.07) is 0.172. The monoisotopic (exact) mass is 226 g/mol. The van der Waals surface area contributed by atoms with Gasteiger partial charge in [-0.1, -0.05) is 6.08 Å². The molecule has 0 saturated carbocycles. The topological polar surface area (TPSA) is 55.6 Å². The summed E-state index contributed by atoms with van der Waals surface area (Å²) in [7, 11) is 0. The molecule has 0 aliphatic carbocycles. The van der Waals surface area contributed by atoms with E-state index in [0.717, 1.165) is 12.8 Å². The van der Waals surface area contributed by atoms with Crippen LogP contribution in [0.15, 0.2) is 12.7 Å². The molecule has 1 saturated heterocycles. The summed E-state index contributed by atoms with van der Waals surface area (Å²) < 4.78 is 5.60. The van der Waals surface area contributed by atoms with E-state index in [1.807, 2.05) is 13.8 Å². The van der Waals surface area contributed by atoms with Crippen LogP contribution in [0.5, 0.6) is 0 Å². The van der Waals surface area contributed by atoms with Gasteiger partial charge in [-0.25, -0.2) is 0 Å². The molecule has 0 radical (unpaired) electrons. The molecule has 92 valence electrons. The van der Waals surface area contributed by atoms with Gasteiger partial charge in [0.1, 0.15) is 6.10 Å². The highest BCUT2D eigenvalue weighted by Gasteiger charge is 2.33. The first-order valence-corrected chi connectivity index (χ1v) is 5.87.